The molecule has 4 aliphatic heterocycles. The van der Waals surface area contributed by atoms with Gasteiger partial charge in [-0.15, -0.1) is 0 Å². The van der Waals surface area contributed by atoms with E-state index in [9.17, 15) is 0 Å². The van der Waals surface area contributed by atoms with Crippen molar-refractivity contribution >= 4 is 46.3 Å². The fourth-order valence-corrected chi connectivity index (χ4v) is 16.3. The molecule has 0 aromatic heterocycles. The zero-order valence-electron chi connectivity index (χ0n) is 17.0. The third kappa shape index (κ3) is 2.98. The minimum atomic E-state index is -2.12. The molecule has 4 aliphatic rings. The topological polar surface area (TPSA) is 9.72 Å². The second-order valence-corrected chi connectivity index (χ2v) is 17.4. The number of hydrogen-bond acceptors (Lipinski definition) is 4. The molecule has 7 rings (SSSR count). The second kappa shape index (κ2) is 7.35. The van der Waals surface area contributed by atoms with Crippen LogP contribution in [0.5, 0.6) is 0 Å². The molecule has 0 unspecified atom stereocenters. The molecule has 0 aliphatic carbocycles. The van der Waals surface area contributed by atoms with E-state index in [1.807, 2.05) is 0 Å². The Morgan fingerprint density at radius 2 is 1.03 bits per heavy atom. The molecule has 4 fully saturated rings. The Labute approximate surface area is 184 Å². The fraction of sp³-hybridized carbons (Fsp3) is 0.250. The standard InChI is InChI=1S/C24H27N3P2S/c30-29(21-9-3-1-4-10-21,22-11-5-2-6-12-22)24-14-8-7-13-23(24)28-18-25-15-26(19-28)17-27(16-25)20-28/h1-14,28H,15-20H2. The summed E-state index contributed by atoms with van der Waals surface area (Å²) in [6, 6.07) is 28.9. The van der Waals surface area contributed by atoms with Gasteiger partial charge in [-0.2, -0.15) is 0 Å². The Kier molecular flexibility index (Phi) is 4.73. The molecule has 4 heterocycles. The average molecular weight is 452 g/mol. The Morgan fingerprint density at radius 3 is 1.53 bits per heavy atom. The summed E-state index contributed by atoms with van der Waals surface area (Å²) in [7, 11) is -1.70. The van der Waals surface area contributed by atoms with Crippen LogP contribution in [-0.2, 0) is 11.8 Å². The van der Waals surface area contributed by atoms with Gasteiger partial charge in [0.05, 0.1) is 0 Å². The predicted octanol–water partition coefficient (Wildman–Crippen LogP) is 2.51. The van der Waals surface area contributed by atoms with Crippen LogP contribution in [-0.4, -0.2) is 53.6 Å². The molecular weight excluding hydrogens is 424 g/mol. The van der Waals surface area contributed by atoms with Gasteiger partial charge in [-0.05, 0) is 0 Å². The van der Waals surface area contributed by atoms with Gasteiger partial charge in [0, 0.05) is 0 Å². The minimum absolute atomic E-state index is 1.14. The molecule has 0 amide bonds. The predicted molar refractivity (Wildman–Crippen MR) is 135 cm³/mol. The van der Waals surface area contributed by atoms with Crippen molar-refractivity contribution in [3.05, 3.63) is 84.9 Å². The molecule has 4 saturated heterocycles. The summed E-state index contributed by atoms with van der Waals surface area (Å²) >= 11 is 6.74. The molecule has 154 valence electrons. The van der Waals surface area contributed by atoms with E-state index in [1.54, 1.807) is 5.30 Å². The van der Waals surface area contributed by atoms with Gasteiger partial charge in [-0.25, -0.2) is 0 Å². The first kappa shape index (κ1) is 19.3. The zero-order valence-corrected chi connectivity index (χ0v) is 19.7. The van der Waals surface area contributed by atoms with Crippen LogP contribution in [0.3, 0.4) is 0 Å². The molecule has 0 atom stereocenters. The van der Waals surface area contributed by atoms with Crippen LogP contribution in [0.4, 0.5) is 0 Å². The molecule has 30 heavy (non-hydrogen) atoms. The summed E-state index contributed by atoms with van der Waals surface area (Å²) in [6.07, 6.45) is 3.82. The van der Waals surface area contributed by atoms with Crippen LogP contribution < -0.4 is 21.2 Å². The van der Waals surface area contributed by atoms with E-state index in [0.29, 0.717) is 0 Å². The third-order valence-electron chi connectivity index (χ3n) is 6.83. The first-order valence-corrected chi connectivity index (χ1v) is 16.1. The molecule has 4 bridgehead atoms. The number of nitrogens with zero attached hydrogens (tertiary/aromatic N) is 3. The van der Waals surface area contributed by atoms with Crippen LogP contribution in [0.2, 0.25) is 0 Å². The molecule has 6 heteroatoms. The molecular formula is C24H27N3P2S. The van der Waals surface area contributed by atoms with E-state index in [2.05, 4.69) is 99.6 Å². The van der Waals surface area contributed by atoms with E-state index in [1.165, 1.54) is 34.8 Å². The summed E-state index contributed by atoms with van der Waals surface area (Å²) in [5, 5.41) is 5.66. The summed E-state index contributed by atoms with van der Waals surface area (Å²) in [6.45, 7) is 3.41. The van der Waals surface area contributed by atoms with Crippen molar-refractivity contribution in [3.8, 4) is 0 Å². The molecule has 0 N–H and O–H groups in total. The maximum atomic E-state index is 6.74. The van der Waals surface area contributed by atoms with E-state index in [0.717, 1.165) is 20.0 Å². The van der Waals surface area contributed by atoms with Crippen molar-refractivity contribution < 1.29 is 0 Å². The van der Waals surface area contributed by atoms with Gasteiger partial charge in [-0.3, -0.25) is 0 Å². The number of hydrogen-bond donors (Lipinski definition) is 0. The van der Waals surface area contributed by atoms with Crippen LogP contribution in [0.15, 0.2) is 84.9 Å². The quantitative estimate of drug-likeness (QED) is 0.564. The van der Waals surface area contributed by atoms with Crippen LogP contribution in [0.25, 0.3) is 0 Å². The zero-order chi connectivity index (χ0) is 20.2. The van der Waals surface area contributed by atoms with Gasteiger partial charge in [0.2, 0.25) is 0 Å². The van der Waals surface area contributed by atoms with E-state index >= 15 is 0 Å². The Morgan fingerprint density at radius 1 is 0.600 bits per heavy atom. The summed E-state index contributed by atoms with van der Waals surface area (Å²) in [5.74, 6) is 0. The molecule has 3 aromatic rings. The summed E-state index contributed by atoms with van der Waals surface area (Å²) in [5.41, 5.74) is 0. The van der Waals surface area contributed by atoms with Crippen molar-refractivity contribution in [2.24, 2.45) is 0 Å². The summed E-state index contributed by atoms with van der Waals surface area (Å²) < 4.78 is 0. The van der Waals surface area contributed by atoms with Crippen molar-refractivity contribution in [1.29, 1.82) is 0 Å². The Bertz CT molecular complexity index is 1040. The molecule has 3 nitrogen and oxygen atoms in total. The van der Waals surface area contributed by atoms with Gasteiger partial charge >= 0.3 is 185 Å². The molecule has 0 radical (unpaired) electrons. The van der Waals surface area contributed by atoms with Gasteiger partial charge < -0.3 is 0 Å². The van der Waals surface area contributed by atoms with E-state index in [-0.39, 0.29) is 0 Å². The van der Waals surface area contributed by atoms with Crippen LogP contribution in [0, 0.1) is 0 Å². The first-order valence-electron chi connectivity index (χ1n) is 10.7. The average Bonchev–Trinajstić information content (AvgIpc) is 2.79. The fourth-order valence-electron chi connectivity index (χ4n) is 5.87. The third-order valence-corrected chi connectivity index (χ3v) is 16.8. The van der Waals surface area contributed by atoms with Gasteiger partial charge in [0.25, 0.3) is 0 Å². The van der Waals surface area contributed by atoms with Crippen LogP contribution in [0.1, 0.15) is 0 Å². The van der Waals surface area contributed by atoms with Crippen molar-refractivity contribution in [3.63, 3.8) is 0 Å². The normalized spacial score (nSPS) is 27.7. The Hall–Kier alpha value is -1.38. The molecule has 0 spiro atoms. The van der Waals surface area contributed by atoms with Gasteiger partial charge in [-0.1, -0.05) is 0 Å². The van der Waals surface area contributed by atoms with Crippen molar-refractivity contribution in [2.45, 2.75) is 0 Å². The second-order valence-electron chi connectivity index (χ2n) is 8.99. The number of benzene rings is 3. The molecule has 3 aromatic carbocycles. The van der Waals surface area contributed by atoms with E-state index < -0.39 is 13.3 Å². The molecule has 0 saturated carbocycles. The SMILES string of the molecule is S=P(c1ccccc1)(c1ccccc1)c1ccccc1[PH]12CN3CN(CN(C3)C1)C2. The monoisotopic (exact) mass is 451 g/mol. The van der Waals surface area contributed by atoms with E-state index in [4.69, 9.17) is 11.8 Å². The van der Waals surface area contributed by atoms with Crippen molar-refractivity contribution in [2.75, 3.05) is 38.9 Å². The van der Waals surface area contributed by atoms with Gasteiger partial charge in [0.1, 0.15) is 0 Å². The van der Waals surface area contributed by atoms with Gasteiger partial charge in [0.15, 0.2) is 0 Å². The first-order chi connectivity index (χ1) is 14.7. The Balaban J connectivity index is 1.58. The van der Waals surface area contributed by atoms with Crippen molar-refractivity contribution in [1.82, 2.24) is 14.7 Å². The number of rotatable bonds is 4. The van der Waals surface area contributed by atoms with Crippen LogP contribution >= 0.6 is 13.3 Å². The maximum absolute atomic E-state index is 6.74. The summed E-state index contributed by atoms with van der Waals surface area (Å²) in [4.78, 5) is 7.98.